The molecule has 1 atom stereocenters. The summed E-state index contributed by atoms with van der Waals surface area (Å²) in [5.41, 5.74) is 0.215. The van der Waals surface area contributed by atoms with Crippen LogP contribution in [0, 0.1) is 5.82 Å². The smallest absolute Gasteiger partial charge is 0.321 e. The van der Waals surface area contributed by atoms with Crippen LogP contribution in [-0.2, 0) is 9.53 Å². The Kier molecular flexibility index (Phi) is 5.95. The zero-order valence-corrected chi connectivity index (χ0v) is 17.6. The number of nitrogens with zero attached hydrogens (tertiary/aromatic N) is 4. The molecule has 3 fully saturated rings. The average Bonchev–Trinajstić information content (AvgIpc) is 2.96. The first-order valence-corrected chi connectivity index (χ1v) is 10.5. The normalized spacial score (nSPS) is 24.4. The van der Waals surface area contributed by atoms with E-state index in [1.807, 2.05) is 4.90 Å². The third-order valence-corrected chi connectivity index (χ3v) is 6.64. The molecule has 0 aliphatic carbocycles. The largest absolute Gasteiger partial charge is 0.383 e. The fraction of sp³-hybridized carbons (Fsp3) is 0.619. The number of hydrogen-bond donors (Lipinski definition) is 1. The standard InChI is InChI=1S/C21H30FN5O3/c1-24-11-12-26-18(15-24)19(28)27(13-14-30-2)21(26)7-9-25(10-8-21)20(29)23-17-5-3-16(22)4-6-17/h3-6,18H,7-15H2,1-2H3,(H,23,29)/t18-/m1/s1. The van der Waals surface area contributed by atoms with Crippen molar-refractivity contribution in [3.63, 3.8) is 0 Å². The number of methoxy groups -OCH3 is 1. The van der Waals surface area contributed by atoms with Gasteiger partial charge >= 0.3 is 6.03 Å². The Balaban J connectivity index is 1.46. The number of carbonyl (C=O) groups excluding carboxylic acids is 2. The first kappa shape index (κ1) is 21.0. The van der Waals surface area contributed by atoms with Crippen LogP contribution < -0.4 is 5.32 Å². The number of carbonyl (C=O) groups is 2. The molecule has 0 aromatic heterocycles. The highest BCUT2D eigenvalue weighted by molar-refractivity contribution is 5.89. The van der Waals surface area contributed by atoms with Gasteiger partial charge in [0, 0.05) is 64.9 Å². The lowest BCUT2D eigenvalue weighted by Crippen LogP contribution is -2.64. The SMILES string of the molecule is COCCN1C(=O)[C@H]2CN(C)CCN2C12CCN(C(=O)Nc1ccc(F)cc1)CC2. The van der Waals surface area contributed by atoms with Crippen molar-refractivity contribution in [3.8, 4) is 0 Å². The number of likely N-dealkylation sites (N-methyl/N-ethyl adjacent to an activating group) is 1. The van der Waals surface area contributed by atoms with Gasteiger partial charge in [-0.15, -0.1) is 0 Å². The lowest BCUT2D eigenvalue weighted by molar-refractivity contribution is -0.134. The van der Waals surface area contributed by atoms with Crippen LogP contribution in [0.1, 0.15) is 12.8 Å². The second kappa shape index (κ2) is 8.49. The zero-order chi connectivity index (χ0) is 21.3. The van der Waals surface area contributed by atoms with Crippen LogP contribution in [0.4, 0.5) is 14.9 Å². The minimum atomic E-state index is -0.353. The number of amides is 3. The fourth-order valence-electron chi connectivity index (χ4n) is 5.03. The van der Waals surface area contributed by atoms with Crippen LogP contribution in [-0.4, -0.2) is 103 Å². The number of piperidine rings is 1. The van der Waals surface area contributed by atoms with Gasteiger partial charge < -0.3 is 24.8 Å². The maximum Gasteiger partial charge on any atom is 0.321 e. The maximum absolute atomic E-state index is 13.2. The lowest BCUT2D eigenvalue weighted by atomic mass is 9.93. The topological polar surface area (TPSA) is 68.4 Å². The summed E-state index contributed by atoms with van der Waals surface area (Å²) in [4.78, 5) is 34.3. The molecule has 9 heteroatoms. The quantitative estimate of drug-likeness (QED) is 0.796. The van der Waals surface area contributed by atoms with Crippen LogP contribution in [0.15, 0.2) is 24.3 Å². The molecule has 3 aliphatic rings. The second-order valence-electron chi connectivity index (χ2n) is 8.36. The molecule has 8 nitrogen and oxygen atoms in total. The maximum atomic E-state index is 13.2. The summed E-state index contributed by atoms with van der Waals surface area (Å²) < 4.78 is 18.4. The van der Waals surface area contributed by atoms with E-state index in [0.717, 1.165) is 19.6 Å². The van der Waals surface area contributed by atoms with E-state index in [9.17, 15) is 14.0 Å². The third kappa shape index (κ3) is 3.77. The Bertz CT molecular complexity index is 781. The van der Waals surface area contributed by atoms with Crippen molar-refractivity contribution in [2.24, 2.45) is 0 Å². The fourth-order valence-corrected chi connectivity index (χ4v) is 5.03. The minimum Gasteiger partial charge on any atom is -0.383 e. The van der Waals surface area contributed by atoms with Crippen LogP contribution in [0.3, 0.4) is 0 Å². The van der Waals surface area contributed by atoms with E-state index in [4.69, 9.17) is 4.74 Å². The van der Waals surface area contributed by atoms with Gasteiger partial charge in [-0.1, -0.05) is 0 Å². The van der Waals surface area contributed by atoms with Gasteiger partial charge in [0.05, 0.1) is 6.61 Å². The minimum absolute atomic E-state index is 0.125. The van der Waals surface area contributed by atoms with Gasteiger partial charge in [-0.2, -0.15) is 0 Å². The van der Waals surface area contributed by atoms with Crippen molar-refractivity contribution < 1.29 is 18.7 Å². The molecule has 0 bridgehead atoms. The summed E-state index contributed by atoms with van der Waals surface area (Å²) in [7, 11) is 3.70. The number of benzene rings is 1. The molecule has 0 unspecified atom stereocenters. The number of hydrogen-bond acceptors (Lipinski definition) is 5. The summed E-state index contributed by atoms with van der Waals surface area (Å²) in [5.74, 6) is -0.167. The van der Waals surface area contributed by atoms with Gasteiger partial charge in [0.2, 0.25) is 5.91 Å². The highest BCUT2D eigenvalue weighted by Gasteiger charge is 2.58. The molecule has 1 aromatic rings. The van der Waals surface area contributed by atoms with Crippen molar-refractivity contribution in [1.82, 2.24) is 19.6 Å². The highest BCUT2D eigenvalue weighted by atomic mass is 19.1. The number of rotatable bonds is 4. The summed E-state index contributed by atoms with van der Waals surface area (Å²) in [6.07, 6.45) is 1.42. The Morgan fingerprint density at radius 3 is 2.57 bits per heavy atom. The number of fused-ring (bicyclic) bond motifs is 2. The van der Waals surface area contributed by atoms with Gasteiger partial charge in [0.15, 0.2) is 0 Å². The zero-order valence-electron chi connectivity index (χ0n) is 17.6. The second-order valence-corrected chi connectivity index (χ2v) is 8.36. The first-order valence-electron chi connectivity index (χ1n) is 10.5. The van der Waals surface area contributed by atoms with Gasteiger partial charge in [-0.05, 0) is 31.3 Å². The van der Waals surface area contributed by atoms with Gasteiger partial charge in [-0.25, -0.2) is 9.18 Å². The van der Waals surface area contributed by atoms with E-state index < -0.39 is 0 Å². The molecular weight excluding hydrogens is 389 g/mol. The molecule has 3 heterocycles. The molecular formula is C21H30FN5O3. The van der Waals surface area contributed by atoms with Crippen molar-refractivity contribution in [3.05, 3.63) is 30.1 Å². The molecule has 0 radical (unpaired) electrons. The Morgan fingerprint density at radius 1 is 1.20 bits per heavy atom. The van der Waals surface area contributed by atoms with Gasteiger partial charge in [-0.3, -0.25) is 9.69 Å². The number of nitrogens with one attached hydrogen (secondary N) is 1. The van der Waals surface area contributed by atoms with E-state index in [0.29, 0.717) is 44.8 Å². The molecule has 3 aliphatic heterocycles. The molecule has 4 rings (SSSR count). The van der Waals surface area contributed by atoms with Crippen LogP contribution in [0.2, 0.25) is 0 Å². The molecule has 0 saturated carbocycles. The number of ether oxygens (including phenoxy) is 1. The number of piperazine rings is 1. The number of halogens is 1. The first-order chi connectivity index (χ1) is 14.4. The number of anilines is 1. The Labute approximate surface area is 176 Å². The molecule has 3 saturated heterocycles. The summed E-state index contributed by atoms with van der Waals surface area (Å²) in [5, 5.41) is 2.83. The van der Waals surface area contributed by atoms with Crippen molar-refractivity contribution >= 4 is 17.6 Å². The van der Waals surface area contributed by atoms with Gasteiger partial charge in [0.25, 0.3) is 0 Å². The van der Waals surface area contributed by atoms with E-state index in [2.05, 4.69) is 22.2 Å². The van der Waals surface area contributed by atoms with E-state index in [1.54, 1.807) is 24.1 Å². The summed E-state index contributed by atoms with van der Waals surface area (Å²) in [6, 6.07) is 5.43. The van der Waals surface area contributed by atoms with Crippen LogP contribution in [0.5, 0.6) is 0 Å². The molecule has 164 valence electrons. The number of likely N-dealkylation sites (tertiary alicyclic amines) is 1. The van der Waals surface area contributed by atoms with E-state index in [-0.39, 0.29) is 29.5 Å². The van der Waals surface area contributed by atoms with Gasteiger partial charge in [0.1, 0.15) is 17.5 Å². The lowest BCUT2D eigenvalue weighted by Gasteiger charge is -2.50. The predicted molar refractivity (Wildman–Crippen MR) is 111 cm³/mol. The van der Waals surface area contributed by atoms with Crippen molar-refractivity contribution in [1.29, 1.82) is 0 Å². The average molecular weight is 420 g/mol. The van der Waals surface area contributed by atoms with E-state index in [1.165, 1.54) is 12.1 Å². The molecule has 1 aromatic carbocycles. The monoisotopic (exact) mass is 419 g/mol. The Morgan fingerprint density at radius 2 is 1.90 bits per heavy atom. The number of urea groups is 1. The molecule has 30 heavy (non-hydrogen) atoms. The molecule has 3 amide bonds. The van der Waals surface area contributed by atoms with E-state index >= 15 is 0 Å². The van der Waals surface area contributed by atoms with Crippen molar-refractivity contribution in [2.75, 3.05) is 65.3 Å². The highest BCUT2D eigenvalue weighted by Crippen LogP contribution is 2.41. The summed E-state index contributed by atoms with van der Waals surface area (Å²) >= 11 is 0. The predicted octanol–water partition coefficient (Wildman–Crippen LogP) is 1.25. The van der Waals surface area contributed by atoms with Crippen LogP contribution >= 0.6 is 0 Å². The summed E-state index contributed by atoms with van der Waals surface area (Å²) in [6.45, 7) is 4.69. The Hall–Kier alpha value is -2.23. The van der Waals surface area contributed by atoms with Crippen molar-refractivity contribution in [2.45, 2.75) is 24.5 Å². The third-order valence-electron chi connectivity index (χ3n) is 6.64. The van der Waals surface area contributed by atoms with Crippen LogP contribution in [0.25, 0.3) is 0 Å². The molecule has 1 N–H and O–H groups in total. The molecule has 1 spiro atoms.